The van der Waals surface area contributed by atoms with Crippen LogP contribution in [-0.2, 0) is 6.42 Å². The second-order valence-electron chi connectivity index (χ2n) is 6.03. The summed E-state index contributed by atoms with van der Waals surface area (Å²) >= 11 is 1.62. The van der Waals surface area contributed by atoms with E-state index >= 15 is 0 Å². The fourth-order valence-corrected chi connectivity index (χ4v) is 3.50. The minimum Gasteiger partial charge on any atom is -0.396 e. The van der Waals surface area contributed by atoms with E-state index in [0.717, 1.165) is 6.42 Å². The summed E-state index contributed by atoms with van der Waals surface area (Å²) in [6, 6.07) is 8.90. The van der Waals surface area contributed by atoms with Crippen molar-refractivity contribution in [3.8, 4) is 0 Å². The lowest BCUT2D eigenvalue weighted by Crippen LogP contribution is -2.32. The summed E-state index contributed by atoms with van der Waals surface area (Å²) in [6.07, 6.45) is 0.730. The molecule has 0 saturated carbocycles. The number of benzene rings is 1. The van der Waals surface area contributed by atoms with Crippen LogP contribution in [0.2, 0.25) is 0 Å². The molecule has 1 saturated heterocycles. The Morgan fingerprint density at radius 2 is 2.28 bits per heavy atom. The average Bonchev–Trinajstić information content (AvgIpc) is 3.29. The van der Waals surface area contributed by atoms with Gasteiger partial charge in [0, 0.05) is 43.4 Å². The van der Waals surface area contributed by atoms with Gasteiger partial charge in [-0.25, -0.2) is 4.79 Å². The number of urea groups is 1. The summed E-state index contributed by atoms with van der Waals surface area (Å²) in [5.41, 5.74) is 2.38. The summed E-state index contributed by atoms with van der Waals surface area (Å²) in [5.74, 6) is -0.226. The number of aliphatic hydroxyl groups excluding tert-OH is 1. The monoisotopic (exact) mass is 359 g/mol. The minimum atomic E-state index is -0.203. The first-order chi connectivity index (χ1) is 12.2. The number of anilines is 1. The van der Waals surface area contributed by atoms with Gasteiger partial charge in [-0.2, -0.15) is 11.3 Å². The predicted molar refractivity (Wildman–Crippen MR) is 98.1 cm³/mol. The molecular weight excluding hydrogens is 338 g/mol. The largest absolute Gasteiger partial charge is 0.396 e. The molecule has 3 rings (SSSR count). The summed E-state index contributed by atoms with van der Waals surface area (Å²) in [6.45, 7) is 1.62. The topological polar surface area (TPSA) is 81.7 Å². The fraction of sp³-hybridized carbons (Fsp3) is 0.333. The number of nitrogens with one attached hydrogen (secondary N) is 2. The zero-order valence-electron chi connectivity index (χ0n) is 13.8. The Morgan fingerprint density at radius 1 is 1.40 bits per heavy atom. The maximum absolute atomic E-state index is 12.4. The van der Waals surface area contributed by atoms with Crippen molar-refractivity contribution in [1.29, 1.82) is 0 Å². The van der Waals surface area contributed by atoms with Crippen molar-refractivity contribution in [2.75, 3.05) is 31.1 Å². The van der Waals surface area contributed by atoms with Crippen molar-refractivity contribution in [2.24, 2.45) is 5.92 Å². The molecule has 1 atom stereocenters. The molecule has 6 nitrogen and oxygen atoms in total. The number of carbonyl (C=O) groups excluding carboxylic acids is 2. The van der Waals surface area contributed by atoms with Crippen LogP contribution in [0.5, 0.6) is 0 Å². The van der Waals surface area contributed by atoms with Crippen LogP contribution in [0.15, 0.2) is 41.1 Å². The lowest BCUT2D eigenvalue weighted by atomic mass is 10.0. The molecule has 0 radical (unpaired) electrons. The number of hydrogen-bond donors (Lipinski definition) is 3. The van der Waals surface area contributed by atoms with Gasteiger partial charge >= 0.3 is 6.03 Å². The molecule has 1 aliphatic rings. The van der Waals surface area contributed by atoms with E-state index in [9.17, 15) is 14.7 Å². The predicted octanol–water partition coefficient (Wildman–Crippen LogP) is 1.86. The first-order valence-electron chi connectivity index (χ1n) is 8.23. The van der Waals surface area contributed by atoms with E-state index in [-0.39, 0.29) is 24.5 Å². The number of hydrogen-bond acceptors (Lipinski definition) is 4. The smallest absolute Gasteiger partial charge is 0.321 e. The summed E-state index contributed by atoms with van der Waals surface area (Å²) < 4.78 is 0. The van der Waals surface area contributed by atoms with Crippen LogP contribution in [0.25, 0.3) is 0 Å². The number of aliphatic hydroxyl groups is 1. The molecule has 2 heterocycles. The lowest BCUT2D eigenvalue weighted by Gasteiger charge is -2.16. The van der Waals surface area contributed by atoms with Crippen molar-refractivity contribution in [3.05, 3.63) is 52.2 Å². The van der Waals surface area contributed by atoms with Gasteiger partial charge < -0.3 is 15.7 Å². The molecule has 0 bridgehead atoms. The van der Waals surface area contributed by atoms with Gasteiger partial charge in [0.05, 0.1) is 0 Å². The van der Waals surface area contributed by atoms with Crippen LogP contribution in [0.4, 0.5) is 10.5 Å². The standard InChI is InChI=1S/C18H21N3O3S/c22-11-14(8-13-4-7-25-12-13)10-20-17(23)15-2-1-3-16(9-15)21-6-5-19-18(21)24/h1-4,7,9,12,14,22H,5-6,8,10-11H2,(H,19,24)(H,20,23). The van der Waals surface area contributed by atoms with Crippen LogP contribution in [0.3, 0.4) is 0 Å². The highest BCUT2D eigenvalue weighted by molar-refractivity contribution is 7.07. The molecule has 132 valence electrons. The number of nitrogens with zero attached hydrogens (tertiary/aromatic N) is 1. The highest BCUT2D eigenvalue weighted by atomic mass is 32.1. The van der Waals surface area contributed by atoms with Gasteiger partial charge in [-0.05, 0) is 47.0 Å². The van der Waals surface area contributed by atoms with Crippen LogP contribution in [0.1, 0.15) is 15.9 Å². The Balaban J connectivity index is 1.60. The van der Waals surface area contributed by atoms with Crippen molar-refractivity contribution in [1.82, 2.24) is 10.6 Å². The van der Waals surface area contributed by atoms with E-state index in [2.05, 4.69) is 16.0 Å². The molecule has 2 aromatic rings. The molecule has 1 aromatic carbocycles. The molecule has 0 aliphatic carbocycles. The Kier molecular flexibility index (Phi) is 5.67. The van der Waals surface area contributed by atoms with Crippen molar-refractivity contribution < 1.29 is 14.7 Å². The Labute approximate surface area is 150 Å². The third kappa shape index (κ3) is 4.37. The van der Waals surface area contributed by atoms with Crippen LogP contribution in [-0.4, -0.2) is 43.3 Å². The van der Waals surface area contributed by atoms with Gasteiger partial charge in [0.25, 0.3) is 5.91 Å². The highest BCUT2D eigenvalue weighted by Gasteiger charge is 2.22. The third-order valence-electron chi connectivity index (χ3n) is 4.19. The van der Waals surface area contributed by atoms with Gasteiger partial charge in [-0.3, -0.25) is 9.69 Å². The van der Waals surface area contributed by atoms with E-state index < -0.39 is 0 Å². The van der Waals surface area contributed by atoms with Crippen LogP contribution < -0.4 is 15.5 Å². The molecule has 1 aromatic heterocycles. The summed E-state index contributed by atoms with van der Waals surface area (Å²) in [4.78, 5) is 25.8. The fourth-order valence-electron chi connectivity index (χ4n) is 2.82. The SMILES string of the molecule is O=C(NCC(CO)Cc1ccsc1)c1cccc(N2CCNC2=O)c1. The maximum atomic E-state index is 12.4. The molecule has 1 fully saturated rings. The third-order valence-corrected chi connectivity index (χ3v) is 4.92. The second-order valence-corrected chi connectivity index (χ2v) is 6.81. The second kappa shape index (κ2) is 8.13. The maximum Gasteiger partial charge on any atom is 0.321 e. The first kappa shape index (κ1) is 17.4. The molecule has 25 heavy (non-hydrogen) atoms. The molecule has 7 heteroatoms. The van der Waals surface area contributed by atoms with Crippen molar-refractivity contribution in [2.45, 2.75) is 6.42 Å². The van der Waals surface area contributed by atoms with Crippen LogP contribution in [0, 0.1) is 5.92 Å². The quantitative estimate of drug-likeness (QED) is 0.706. The summed E-state index contributed by atoms with van der Waals surface area (Å²) in [7, 11) is 0. The van der Waals surface area contributed by atoms with E-state index in [1.807, 2.05) is 17.5 Å². The number of amides is 3. The Morgan fingerprint density at radius 3 is 2.96 bits per heavy atom. The van der Waals surface area contributed by atoms with Crippen LogP contribution >= 0.6 is 11.3 Å². The van der Waals surface area contributed by atoms with E-state index in [1.54, 1.807) is 34.4 Å². The van der Waals surface area contributed by atoms with Gasteiger partial charge in [0.2, 0.25) is 0 Å². The van der Waals surface area contributed by atoms with E-state index in [1.165, 1.54) is 5.56 Å². The number of rotatable bonds is 7. The highest BCUT2D eigenvalue weighted by Crippen LogP contribution is 2.18. The Bertz CT molecular complexity index is 733. The zero-order valence-corrected chi connectivity index (χ0v) is 14.6. The van der Waals surface area contributed by atoms with Gasteiger partial charge in [0.1, 0.15) is 0 Å². The summed E-state index contributed by atoms with van der Waals surface area (Å²) in [5, 5.41) is 19.2. The molecule has 3 amide bonds. The zero-order chi connectivity index (χ0) is 17.6. The number of thiophene rings is 1. The van der Waals surface area contributed by atoms with Crippen molar-refractivity contribution in [3.63, 3.8) is 0 Å². The molecule has 1 unspecified atom stereocenters. The lowest BCUT2D eigenvalue weighted by molar-refractivity contribution is 0.0940. The van der Waals surface area contributed by atoms with Gasteiger partial charge in [-0.15, -0.1) is 0 Å². The molecule has 3 N–H and O–H groups in total. The van der Waals surface area contributed by atoms with Gasteiger partial charge in [0.15, 0.2) is 0 Å². The first-order valence-corrected chi connectivity index (χ1v) is 9.17. The van der Waals surface area contributed by atoms with Gasteiger partial charge in [-0.1, -0.05) is 6.07 Å². The van der Waals surface area contributed by atoms with E-state index in [4.69, 9.17) is 0 Å². The average molecular weight is 359 g/mol. The normalized spacial score (nSPS) is 15.1. The van der Waals surface area contributed by atoms with Crippen molar-refractivity contribution >= 4 is 29.0 Å². The minimum absolute atomic E-state index is 0.0180. The number of carbonyl (C=O) groups is 2. The Hall–Kier alpha value is -2.38. The molecule has 1 aliphatic heterocycles. The molecular formula is C18H21N3O3S. The molecule has 0 spiro atoms. The van der Waals surface area contributed by atoms with E-state index in [0.29, 0.717) is 30.9 Å².